The predicted molar refractivity (Wildman–Crippen MR) is 95.7 cm³/mol. The summed E-state index contributed by atoms with van der Waals surface area (Å²) >= 11 is 0. The second-order valence-electron chi connectivity index (χ2n) is 10.6. The highest BCUT2D eigenvalue weighted by atomic mass is 16.7. The first-order valence-corrected chi connectivity index (χ1v) is 11.3. The van der Waals surface area contributed by atoms with E-state index in [9.17, 15) is 4.79 Å². The first-order chi connectivity index (χ1) is 12.8. The Morgan fingerprint density at radius 3 is 2.42 bits per heavy atom. The average molecular weight is 354 g/mol. The summed E-state index contributed by atoms with van der Waals surface area (Å²) in [6.07, 6.45) is 13.3. The first-order valence-electron chi connectivity index (χ1n) is 11.3. The Morgan fingerprint density at radius 2 is 1.65 bits per heavy atom. The molecule has 0 aromatic carbocycles. The van der Waals surface area contributed by atoms with Gasteiger partial charge in [-0.15, -0.1) is 0 Å². The zero-order valence-corrected chi connectivity index (χ0v) is 15.5. The molecule has 0 spiro atoms. The third-order valence-electron chi connectivity index (χ3n) is 9.92. The highest BCUT2D eigenvalue weighted by molar-refractivity contribution is 5.73. The van der Waals surface area contributed by atoms with E-state index in [1.54, 1.807) is 0 Å². The van der Waals surface area contributed by atoms with Crippen LogP contribution in [0.5, 0.6) is 0 Å². The van der Waals surface area contributed by atoms with E-state index >= 15 is 0 Å². The molecule has 0 N–H and O–H groups in total. The molecule has 7 aliphatic rings. The molecule has 0 radical (unpaired) electrons. The molecule has 6 aliphatic carbocycles. The van der Waals surface area contributed by atoms with Gasteiger partial charge in [0.1, 0.15) is 0 Å². The number of rotatable bonds is 2. The molecule has 12 unspecified atom stereocenters. The Labute approximate surface area is 155 Å². The summed E-state index contributed by atoms with van der Waals surface area (Å²) < 4.78 is 11.5. The summed E-state index contributed by atoms with van der Waals surface area (Å²) in [6.45, 7) is 0.752. The molecule has 140 valence electrons. The number of fused-ring (bicyclic) bond motifs is 16. The fraction of sp³-hybridized carbons (Fsp3) is 0.870. The molecule has 0 amide bonds. The fourth-order valence-electron chi connectivity index (χ4n) is 9.54. The van der Waals surface area contributed by atoms with E-state index in [1.165, 1.54) is 19.3 Å². The van der Waals surface area contributed by atoms with Crippen LogP contribution >= 0.6 is 0 Å². The van der Waals surface area contributed by atoms with Crippen molar-refractivity contribution in [2.24, 2.45) is 65.1 Å². The van der Waals surface area contributed by atoms with Crippen LogP contribution in [-0.4, -0.2) is 18.9 Å². The fourth-order valence-corrected chi connectivity index (χ4v) is 9.54. The lowest BCUT2D eigenvalue weighted by Crippen LogP contribution is -2.43. The molecular formula is C23H30O3. The zero-order valence-electron chi connectivity index (χ0n) is 15.5. The van der Waals surface area contributed by atoms with Crippen molar-refractivity contribution in [3.63, 3.8) is 0 Å². The number of allylic oxidation sites excluding steroid dienone is 2. The SMILES string of the molecule is O=C(OC1CCCCO1)C1CC2CC1C1C3CC(C4C5C=CC(C5)C34)C21. The topological polar surface area (TPSA) is 35.5 Å². The Balaban J connectivity index is 1.12. The molecule has 3 nitrogen and oxygen atoms in total. The van der Waals surface area contributed by atoms with E-state index < -0.39 is 0 Å². The molecule has 26 heavy (non-hydrogen) atoms. The largest absolute Gasteiger partial charge is 0.436 e. The van der Waals surface area contributed by atoms with E-state index in [0.717, 1.165) is 85.6 Å². The summed E-state index contributed by atoms with van der Waals surface area (Å²) in [4.78, 5) is 12.9. The van der Waals surface area contributed by atoms with E-state index in [4.69, 9.17) is 9.47 Å². The maximum Gasteiger partial charge on any atom is 0.311 e. The highest BCUT2D eigenvalue weighted by Crippen LogP contribution is 2.76. The summed E-state index contributed by atoms with van der Waals surface area (Å²) in [7, 11) is 0. The van der Waals surface area contributed by atoms with Crippen LogP contribution in [0.1, 0.15) is 44.9 Å². The lowest BCUT2D eigenvalue weighted by molar-refractivity contribution is -0.194. The average Bonchev–Trinajstić information content (AvgIpc) is 3.48. The van der Waals surface area contributed by atoms with E-state index in [1.807, 2.05) is 0 Å². The lowest BCUT2D eigenvalue weighted by atomic mass is 9.59. The van der Waals surface area contributed by atoms with Gasteiger partial charge in [0, 0.05) is 6.42 Å². The van der Waals surface area contributed by atoms with Crippen molar-refractivity contribution in [1.82, 2.24) is 0 Å². The van der Waals surface area contributed by atoms with Crippen molar-refractivity contribution in [3.8, 4) is 0 Å². The van der Waals surface area contributed by atoms with Gasteiger partial charge in [0.15, 0.2) is 0 Å². The smallest absolute Gasteiger partial charge is 0.311 e. The molecule has 1 aliphatic heterocycles. The number of ether oxygens (including phenoxy) is 2. The summed E-state index contributed by atoms with van der Waals surface area (Å²) in [6, 6.07) is 0. The van der Waals surface area contributed by atoms with Crippen LogP contribution in [0.25, 0.3) is 0 Å². The standard InChI is InChI=1S/C23H30O3/c24-23(26-18-3-1-2-6-25-18)15-9-13-8-14(15)22-17-10-16(21(13)22)19-11-4-5-12(7-11)20(17)19/h4-5,11-22H,1-3,6-10H2. The second-order valence-corrected chi connectivity index (χ2v) is 10.6. The van der Waals surface area contributed by atoms with Crippen molar-refractivity contribution in [3.05, 3.63) is 12.2 Å². The maximum atomic E-state index is 12.9. The maximum absolute atomic E-state index is 12.9. The normalized spacial score (nSPS) is 60.5. The molecule has 0 aromatic rings. The minimum Gasteiger partial charge on any atom is -0.436 e. The van der Waals surface area contributed by atoms with Gasteiger partial charge in [0.05, 0.1) is 12.5 Å². The number of hydrogen-bond acceptors (Lipinski definition) is 3. The van der Waals surface area contributed by atoms with Gasteiger partial charge in [0.2, 0.25) is 6.29 Å². The zero-order chi connectivity index (χ0) is 17.0. The van der Waals surface area contributed by atoms with Gasteiger partial charge in [-0.05, 0) is 97.7 Å². The number of esters is 1. The van der Waals surface area contributed by atoms with Crippen LogP contribution in [-0.2, 0) is 14.3 Å². The molecule has 1 saturated heterocycles. The van der Waals surface area contributed by atoms with Crippen LogP contribution in [0, 0.1) is 65.1 Å². The van der Waals surface area contributed by atoms with Crippen molar-refractivity contribution >= 4 is 5.97 Å². The lowest BCUT2D eigenvalue weighted by Gasteiger charge is -2.45. The van der Waals surface area contributed by atoms with Gasteiger partial charge in [-0.1, -0.05) is 12.2 Å². The summed E-state index contributed by atoms with van der Waals surface area (Å²) in [5.74, 6) is 9.17. The quantitative estimate of drug-likeness (QED) is 0.427. The molecule has 6 fully saturated rings. The molecule has 12 atom stereocenters. The Morgan fingerprint density at radius 1 is 0.846 bits per heavy atom. The predicted octanol–water partition coefficient (Wildman–Crippen LogP) is 4.03. The summed E-state index contributed by atoms with van der Waals surface area (Å²) in [5.41, 5.74) is 0. The van der Waals surface area contributed by atoms with Gasteiger partial charge in [-0.2, -0.15) is 0 Å². The van der Waals surface area contributed by atoms with Crippen molar-refractivity contribution in [2.45, 2.75) is 51.2 Å². The van der Waals surface area contributed by atoms with Crippen LogP contribution in [0.2, 0.25) is 0 Å². The molecule has 5 saturated carbocycles. The van der Waals surface area contributed by atoms with Crippen molar-refractivity contribution in [2.75, 3.05) is 6.61 Å². The Kier molecular flexibility index (Phi) is 3.00. The monoisotopic (exact) mass is 354 g/mol. The Bertz CT molecular complexity index is 664. The molecule has 6 bridgehead atoms. The van der Waals surface area contributed by atoms with Gasteiger partial charge < -0.3 is 9.47 Å². The number of carbonyl (C=O) groups is 1. The molecular weight excluding hydrogens is 324 g/mol. The third-order valence-corrected chi connectivity index (χ3v) is 9.92. The van der Waals surface area contributed by atoms with Gasteiger partial charge >= 0.3 is 5.97 Å². The van der Waals surface area contributed by atoms with E-state index in [0.29, 0.717) is 5.92 Å². The third kappa shape index (κ3) is 1.77. The van der Waals surface area contributed by atoms with Crippen LogP contribution in [0.4, 0.5) is 0 Å². The van der Waals surface area contributed by atoms with E-state index in [2.05, 4.69) is 12.2 Å². The minimum atomic E-state index is -0.258. The molecule has 7 rings (SSSR count). The van der Waals surface area contributed by atoms with Crippen LogP contribution in [0.3, 0.4) is 0 Å². The van der Waals surface area contributed by atoms with Gasteiger partial charge in [0.25, 0.3) is 0 Å². The van der Waals surface area contributed by atoms with Crippen LogP contribution in [0.15, 0.2) is 12.2 Å². The number of carbonyl (C=O) groups excluding carboxylic acids is 1. The van der Waals surface area contributed by atoms with Crippen molar-refractivity contribution < 1.29 is 14.3 Å². The Hall–Kier alpha value is -0.830. The molecule has 0 aromatic heterocycles. The van der Waals surface area contributed by atoms with E-state index in [-0.39, 0.29) is 18.2 Å². The van der Waals surface area contributed by atoms with Gasteiger partial charge in [-0.25, -0.2) is 0 Å². The molecule has 3 heteroatoms. The van der Waals surface area contributed by atoms with Crippen LogP contribution < -0.4 is 0 Å². The number of hydrogen-bond donors (Lipinski definition) is 0. The van der Waals surface area contributed by atoms with Crippen molar-refractivity contribution in [1.29, 1.82) is 0 Å². The first kappa shape index (κ1) is 15.1. The molecule has 1 heterocycles. The van der Waals surface area contributed by atoms with Gasteiger partial charge in [-0.3, -0.25) is 4.79 Å². The second kappa shape index (κ2) is 5.16. The summed E-state index contributed by atoms with van der Waals surface area (Å²) in [5, 5.41) is 0. The minimum absolute atomic E-state index is 0.0787. The highest BCUT2D eigenvalue weighted by Gasteiger charge is 2.71.